The lowest BCUT2D eigenvalue weighted by atomic mass is 10.1. The van der Waals surface area contributed by atoms with E-state index in [1.807, 2.05) is 0 Å². The summed E-state index contributed by atoms with van der Waals surface area (Å²) in [4.78, 5) is 3.53. The minimum absolute atomic E-state index is 0.244. The molecule has 0 unspecified atom stereocenters. The molecule has 0 radical (unpaired) electrons. The van der Waals surface area contributed by atoms with Gasteiger partial charge in [-0.3, -0.25) is 0 Å². The summed E-state index contributed by atoms with van der Waals surface area (Å²) in [6, 6.07) is 1.15. The first-order chi connectivity index (χ1) is 6.88. The number of nitrogens with zero attached hydrogens (tertiary/aromatic N) is 1. The van der Waals surface area contributed by atoms with Crippen LogP contribution in [0.4, 0.5) is 13.2 Å². The summed E-state index contributed by atoms with van der Waals surface area (Å²) in [6.07, 6.45) is -6.32. The third-order valence-electron chi connectivity index (χ3n) is 1.68. The lowest BCUT2D eigenvalue weighted by molar-refractivity contribution is -0.207. The average molecular weight is 242 g/mol. The first kappa shape index (κ1) is 12.1. The van der Waals surface area contributed by atoms with Crippen molar-refractivity contribution in [2.75, 3.05) is 7.11 Å². The topological polar surface area (TPSA) is 42.4 Å². The van der Waals surface area contributed by atoms with Crippen molar-refractivity contribution >= 4 is 11.6 Å². The summed E-state index contributed by atoms with van der Waals surface area (Å²) in [5.74, 6) is -0.340. The minimum Gasteiger partial charge on any atom is -0.481 e. The number of aromatic nitrogens is 1. The molecule has 0 saturated heterocycles. The third kappa shape index (κ3) is 2.51. The molecule has 1 heterocycles. The first-order valence-corrected chi connectivity index (χ1v) is 4.19. The molecule has 3 nitrogen and oxygen atoms in total. The number of aliphatic hydroxyl groups excluding tert-OH is 1. The zero-order valence-electron chi connectivity index (χ0n) is 7.55. The Hall–Kier alpha value is -1.01. The molecule has 15 heavy (non-hydrogen) atoms. The Labute approximate surface area is 88.5 Å². The molecule has 0 spiro atoms. The minimum atomic E-state index is -4.81. The number of methoxy groups -OCH3 is 1. The van der Waals surface area contributed by atoms with Gasteiger partial charge in [0.1, 0.15) is 0 Å². The molecule has 1 aromatic heterocycles. The van der Waals surface area contributed by atoms with E-state index in [0.717, 1.165) is 13.2 Å². The van der Waals surface area contributed by atoms with Crippen molar-refractivity contribution < 1.29 is 23.0 Å². The van der Waals surface area contributed by atoms with Gasteiger partial charge in [0.05, 0.1) is 17.7 Å². The van der Waals surface area contributed by atoms with Crippen LogP contribution in [0.15, 0.2) is 12.3 Å². The van der Waals surface area contributed by atoms with Crippen molar-refractivity contribution in [1.82, 2.24) is 4.98 Å². The maximum Gasteiger partial charge on any atom is 0.418 e. The lowest BCUT2D eigenvalue weighted by Crippen LogP contribution is -2.21. The van der Waals surface area contributed by atoms with Crippen LogP contribution in [0.3, 0.4) is 0 Å². The van der Waals surface area contributed by atoms with Gasteiger partial charge in [-0.25, -0.2) is 4.98 Å². The van der Waals surface area contributed by atoms with Crippen LogP contribution in [0.1, 0.15) is 11.7 Å². The van der Waals surface area contributed by atoms with Gasteiger partial charge in [0.25, 0.3) is 0 Å². The van der Waals surface area contributed by atoms with Gasteiger partial charge in [0.2, 0.25) is 5.88 Å². The van der Waals surface area contributed by atoms with E-state index in [1.165, 1.54) is 6.20 Å². The van der Waals surface area contributed by atoms with E-state index >= 15 is 0 Å². The van der Waals surface area contributed by atoms with Gasteiger partial charge < -0.3 is 9.84 Å². The van der Waals surface area contributed by atoms with E-state index in [1.54, 1.807) is 0 Å². The van der Waals surface area contributed by atoms with Crippen LogP contribution in [0, 0.1) is 0 Å². The number of hydrogen-bond acceptors (Lipinski definition) is 3. The second kappa shape index (κ2) is 4.24. The Bertz CT molecular complexity index is 356. The van der Waals surface area contributed by atoms with Gasteiger partial charge in [-0.05, 0) is 6.07 Å². The number of alkyl halides is 3. The standard InChI is InChI=1S/C8H7ClF3NO2/c1-15-7-5(4(9)2-3-13-7)6(14)8(10,11)12/h2-3,6,14H,1H3/t6-/m1/s1. The van der Waals surface area contributed by atoms with Gasteiger partial charge >= 0.3 is 6.18 Å². The van der Waals surface area contributed by atoms with Gasteiger partial charge in [-0.2, -0.15) is 13.2 Å². The summed E-state index contributed by atoms with van der Waals surface area (Å²) in [5.41, 5.74) is -0.575. The Kier molecular flexibility index (Phi) is 3.41. The molecule has 0 fully saturated rings. The fourth-order valence-electron chi connectivity index (χ4n) is 1.01. The SMILES string of the molecule is COc1nccc(Cl)c1[C@@H](O)C(F)(F)F. The summed E-state index contributed by atoms with van der Waals surface area (Å²) in [5, 5.41) is 8.78. The fraction of sp³-hybridized carbons (Fsp3) is 0.375. The zero-order valence-corrected chi connectivity index (χ0v) is 8.30. The number of halogens is 4. The Balaban J connectivity index is 3.23. The van der Waals surface area contributed by atoms with Crippen LogP contribution in [0.2, 0.25) is 5.02 Å². The molecule has 0 saturated carbocycles. The number of hydrogen-bond donors (Lipinski definition) is 1. The molecular weight excluding hydrogens is 235 g/mol. The molecular formula is C8H7ClF3NO2. The molecule has 0 amide bonds. The summed E-state index contributed by atoms with van der Waals surface area (Å²) < 4.78 is 41.3. The Morgan fingerprint density at radius 2 is 2.13 bits per heavy atom. The molecule has 1 rings (SSSR count). The summed E-state index contributed by atoms with van der Waals surface area (Å²) >= 11 is 5.53. The highest BCUT2D eigenvalue weighted by Crippen LogP contribution is 2.39. The smallest absolute Gasteiger partial charge is 0.418 e. The van der Waals surface area contributed by atoms with Crippen molar-refractivity contribution in [3.8, 4) is 5.88 Å². The van der Waals surface area contributed by atoms with Crippen molar-refractivity contribution in [1.29, 1.82) is 0 Å². The van der Waals surface area contributed by atoms with Crippen LogP contribution in [0.5, 0.6) is 5.88 Å². The zero-order chi connectivity index (χ0) is 11.6. The molecule has 0 aliphatic rings. The first-order valence-electron chi connectivity index (χ1n) is 3.81. The number of aliphatic hydroxyl groups is 1. The predicted molar refractivity (Wildman–Crippen MR) is 46.8 cm³/mol. The van der Waals surface area contributed by atoms with Crippen LogP contribution in [-0.2, 0) is 0 Å². The highest BCUT2D eigenvalue weighted by molar-refractivity contribution is 6.31. The lowest BCUT2D eigenvalue weighted by Gasteiger charge is -2.17. The van der Waals surface area contributed by atoms with Gasteiger partial charge in [-0.15, -0.1) is 0 Å². The molecule has 1 atom stereocenters. The van der Waals surface area contributed by atoms with Crippen LogP contribution in [0.25, 0.3) is 0 Å². The Morgan fingerprint density at radius 3 is 2.60 bits per heavy atom. The van der Waals surface area contributed by atoms with Crippen molar-refractivity contribution in [3.05, 3.63) is 22.8 Å². The number of rotatable bonds is 2. The van der Waals surface area contributed by atoms with Crippen molar-refractivity contribution in [2.45, 2.75) is 12.3 Å². The highest BCUT2D eigenvalue weighted by Gasteiger charge is 2.42. The van der Waals surface area contributed by atoms with E-state index < -0.39 is 17.8 Å². The van der Waals surface area contributed by atoms with Crippen LogP contribution < -0.4 is 4.74 Å². The Morgan fingerprint density at radius 1 is 1.53 bits per heavy atom. The van der Waals surface area contributed by atoms with E-state index in [4.69, 9.17) is 16.7 Å². The van der Waals surface area contributed by atoms with Crippen LogP contribution in [-0.4, -0.2) is 23.4 Å². The molecule has 1 aromatic rings. The average Bonchev–Trinajstić information content (AvgIpc) is 2.15. The van der Waals surface area contributed by atoms with Crippen molar-refractivity contribution in [3.63, 3.8) is 0 Å². The molecule has 84 valence electrons. The van der Waals surface area contributed by atoms with Gasteiger partial charge in [0.15, 0.2) is 6.10 Å². The van der Waals surface area contributed by atoms with E-state index in [0.29, 0.717) is 0 Å². The second-order valence-electron chi connectivity index (χ2n) is 2.66. The van der Waals surface area contributed by atoms with Gasteiger partial charge in [-0.1, -0.05) is 11.6 Å². The van der Waals surface area contributed by atoms with E-state index in [9.17, 15) is 13.2 Å². The number of ether oxygens (including phenoxy) is 1. The molecule has 0 aliphatic carbocycles. The molecule has 0 bridgehead atoms. The molecule has 0 aromatic carbocycles. The summed E-state index contributed by atoms with van der Waals surface area (Å²) in [6.45, 7) is 0. The fourth-order valence-corrected chi connectivity index (χ4v) is 1.25. The number of pyridine rings is 1. The van der Waals surface area contributed by atoms with Gasteiger partial charge in [0, 0.05) is 6.20 Å². The summed E-state index contributed by atoms with van der Waals surface area (Å²) in [7, 11) is 1.14. The maximum atomic E-state index is 12.2. The largest absolute Gasteiger partial charge is 0.481 e. The third-order valence-corrected chi connectivity index (χ3v) is 2.01. The molecule has 0 aliphatic heterocycles. The predicted octanol–water partition coefficient (Wildman–Crippen LogP) is 2.34. The van der Waals surface area contributed by atoms with Crippen molar-refractivity contribution in [2.24, 2.45) is 0 Å². The monoisotopic (exact) mass is 241 g/mol. The highest BCUT2D eigenvalue weighted by atomic mass is 35.5. The van der Waals surface area contributed by atoms with E-state index in [-0.39, 0.29) is 10.9 Å². The van der Waals surface area contributed by atoms with Crippen LogP contribution >= 0.6 is 11.6 Å². The normalized spacial score (nSPS) is 13.7. The van der Waals surface area contributed by atoms with E-state index in [2.05, 4.69) is 9.72 Å². The molecule has 7 heteroatoms. The quantitative estimate of drug-likeness (QED) is 0.864. The second-order valence-corrected chi connectivity index (χ2v) is 3.07. The maximum absolute atomic E-state index is 12.2. The molecule has 1 N–H and O–H groups in total.